The Kier molecular flexibility index (Phi) is 4.59. The molecule has 104 valence electrons. The van der Waals surface area contributed by atoms with Crippen molar-refractivity contribution < 1.29 is 9.90 Å². The second-order valence-electron chi connectivity index (χ2n) is 5.75. The van der Waals surface area contributed by atoms with Gasteiger partial charge in [0.2, 0.25) is 5.91 Å². The zero-order chi connectivity index (χ0) is 13.7. The van der Waals surface area contributed by atoms with Gasteiger partial charge in [0, 0.05) is 17.7 Å². The molecule has 0 aliphatic heterocycles. The number of carbonyl (C=O) groups excluding carboxylic acids is 1. The first-order chi connectivity index (χ1) is 9.14. The maximum atomic E-state index is 12.3. The first-order valence-electron chi connectivity index (χ1n) is 7.15. The Morgan fingerprint density at radius 2 is 2.11 bits per heavy atom. The van der Waals surface area contributed by atoms with Gasteiger partial charge in [-0.15, -0.1) is 0 Å². The molecule has 1 saturated carbocycles. The normalized spacial score (nSPS) is 17.4. The van der Waals surface area contributed by atoms with Gasteiger partial charge in [-0.05, 0) is 43.4 Å². The number of aryl methyl sites for hydroxylation is 1. The smallest absolute Gasteiger partial charge is 0.230 e. The van der Waals surface area contributed by atoms with Gasteiger partial charge in [0.05, 0.1) is 0 Å². The number of rotatable bonds is 5. The molecule has 1 aliphatic carbocycles. The third-order valence-corrected chi connectivity index (χ3v) is 4.06. The van der Waals surface area contributed by atoms with Crippen molar-refractivity contribution in [3.05, 3.63) is 29.8 Å². The van der Waals surface area contributed by atoms with Crippen LogP contribution in [0.3, 0.4) is 0 Å². The third-order valence-electron chi connectivity index (χ3n) is 4.06. The molecule has 0 atom stereocenters. The number of benzene rings is 1. The first-order valence-corrected chi connectivity index (χ1v) is 7.15. The van der Waals surface area contributed by atoms with E-state index < -0.39 is 0 Å². The third kappa shape index (κ3) is 3.57. The SMILES string of the molecule is CC1(C(=O)Nc2cccc(CCCO)c2)CCCC1. The highest BCUT2D eigenvalue weighted by atomic mass is 16.2. The second-order valence-corrected chi connectivity index (χ2v) is 5.75. The fourth-order valence-corrected chi connectivity index (χ4v) is 2.75. The van der Waals surface area contributed by atoms with Crippen LogP contribution in [-0.2, 0) is 11.2 Å². The molecule has 19 heavy (non-hydrogen) atoms. The lowest BCUT2D eigenvalue weighted by Crippen LogP contribution is -2.30. The van der Waals surface area contributed by atoms with Crippen molar-refractivity contribution in [1.29, 1.82) is 0 Å². The van der Waals surface area contributed by atoms with Crippen molar-refractivity contribution in [2.24, 2.45) is 5.41 Å². The molecule has 3 nitrogen and oxygen atoms in total. The number of hydrogen-bond acceptors (Lipinski definition) is 2. The Hall–Kier alpha value is -1.35. The standard InChI is InChI=1S/C16H23NO2/c1-16(9-2-3-10-16)15(19)17-14-8-4-6-13(12-14)7-5-11-18/h4,6,8,12,18H,2-3,5,7,9-11H2,1H3,(H,17,19). The number of aliphatic hydroxyl groups is 1. The van der Waals surface area contributed by atoms with Crippen molar-refractivity contribution in [2.75, 3.05) is 11.9 Å². The molecule has 1 fully saturated rings. The van der Waals surface area contributed by atoms with E-state index in [0.29, 0.717) is 0 Å². The minimum atomic E-state index is -0.193. The van der Waals surface area contributed by atoms with E-state index >= 15 is 0 Å². The lowest BCUT2D eigenvalue weighted by atomic mass is 9.88. The molecule has 0 aromatic heterocycles. The van der Waals surface area contributed by atoms with Crippen LogP contribution in [0, 0.1) is 5.41 Å². The lowest BCUT2D eigenvalue weighted by molar-refractivity contribution is -0.124. The van der Waals surface area contributed by atoms with Crippen molar-refractivity contribution in [3.63, 3.8) is 0 Å². The van der Waals surface area contributed by atoms with E-state index in [1.165, 1.54) is 0 Å². The molecular weight excluding hydrogens is 238 g/mol. The van der Waals surface area contributed by atoms with Gasteiger partial charge < -0.3 is 10.4 Å². The van der Waals surface area contributed by atoms with Crippen LogP contribution < -0.4 is 5.32 Å². The summed E-state index contributed by atoms with van der Waals surface area (Å²) in [6.45, 7) is 2.26. The molecule has 1 amide bonds. The number of anilines is 1. The predicted octanol–water partition coefficient (Wildman–Crippen LogP) is 3.13. The Morgan fingerprint density at radius 1 is 1.37 bits per heavy atom. The summed E-state index contributed by atoms with van der Waals surface area (Å²) in [5.74, 6) is 0.143. The summed E-state index contributed by atoms with van der Waals surface area (Å²) in [5.41, 5.74) is 1.83. The molecule has 2 rings (SSSR count). The molecule has 1 aliphatic rings. The van der Waals surface area contributed by atoms with E-state index in [9.17, 15) is 4.79 Å². The van der Waals surface area contributed by atoms with Crippen LogP contribution in [0.1, 0.15) is 44.6 Å². The van der Waals surface area contributed by atoms with Crippen molar-refractivity contribution >= 4 is 11.6 Å². The highest BCUT2D eigenvalue weighted by molar-refractivity contribution is 5.95. The maximum absolute atomic E-state index is 12.3. The predicted molar refractivity (Wildman–Crippen MR) is 77.1 cm³/mol. The molecule has 0 saturated heterocycles. The van der Waals surface area contributed by atoms with Crippen molar-refractivity contribution in [2.45, 2.75) is 45.4 Å². The molecule has 2 N–H and O–H groups in total. The van der Waals surface area contributed by atoms with Crippen LogP contribution in [0.15, 0.2) is 24.3 Å². The summed E-state index contributed by atoms with van der Waals surface area (Å²) in [6.07, 6.45) is 5.89. The summed E-state index contributed by atoms with van der Waals surface area (Å²) in [7, 11) is 0. The zero-order valence-electron chi connectivity index (χ0n) is 11.6. The van der Waals surface area contributed by atoms with Crippen molar-refractivity contribution in [3.8, 4) is 0 Å². The van der Waals surface area contributed by atoms with Gasteiger partial charge in [-0.1, -0.05) is 31.9 Å². The zero-order valence-corrected chi connectivity index (χ0v) is 11.6. The van der Waals surface area contributed by atoms with E-state index in [2.05, 4.69) is 12.2 Å². The Labute approximate surface area is 115 Å². The summed E-state index contributed by atoms with van der Waals surface area (Å²) in [5, 5.41) is 11.9. The average Bonchev–Trinajstić information content (AvgIpc) is 2.85. The minimum absolute atomic E-state index is 0.143. The molecule has 0 unspecified atom stereocenters. The number of nitrogens with one attached hydrogen (secondary N) is 1. The van der Waals surface area contributed by atoms with Crippen LogP contribution in [0.2, 0.25) is 0 Å². The molecular formula is C16H23NO2. The topological polar surface area (TPSA) is 49.3 Å². The van der Waals surface area contributed by atoms with Crippen LogP contribution in [0.25, 0.3) is 0 Å². The number of amides is 1. The lowest BCUT2D eigenvalue weighted by Gasteiger charge is -2.22. The Balaban J connectivity index is 2.00. The second kappa shape index (κ2) is 6.20. The van der Waals surface area contributed by atoms with E-state index in [1.807, 2.05) is 24.3 Å². The van der Waals surface area contributed by atoms with E-state index in [4.69, 9.17) is 5.11 Å². The van der Waals surface area contributed by atoms with Gasteiger partial charge in [0.15, 0.2) is 0 Å². The highest BCUT2D eigenvalue weighted by Crippen LogP contribution is 2.38. The minimum Gasteiger partial charge on any atom is -0.396 e. The summed E-state index contributed by atoms with van der Waals surface area (Å²) in [6, 6.07) is 7.92. The van der Waals surface area contributed by atoms with Gasteiger partial charge in [-0.3, -0.25) is 4.79 Å². The van der Waals surface area contributed by atoms with Crippen LogP contribution in [-0.4, -0.2) is 17.6 Å². The fraction of sp³-hybridized carbons (Fsp3) is 0.562. The average molecular weight is 261 g/mol. The van der Waals surface area contributed by atoms with Crippen LogP contribution >= 0.6 is 0 Å². The monoisotopic (exact) mass is 261 g/mol. The highest BCUT2D eigenvalue weighted by Gasteiger charge is 2.36. The van der Waals surface area contributed by atoms with Gasteiger partial charge in [0.25, 0.3) is 0 Å². The van der Waals surface area contributed by atoms with Gasteiger partial charge in [-0.2, -0.15) is 0 Å². The van der Waals surface area contributed by atoms with E-state index in [0.717, 1.165) is 49.8 Å². The molecule has 0 heterocycles. The van der Waals surface area contributed by atoms with Crippen molar-refractivity contribution in [1.82, 2.24) is 0 Å². The molecule has 0 bridgehead atoms. The van der Waals surface area contributed by atoms with Gasteiger partial charge in [-0.25, -0.2) is 0 Å². The van der Waals surface area contributed by atoms with E-state index in [1.54, 1.807) is 0 Å². The quantitative estimate of drug-likeness (QED) is 0.855. The van der Waals surface area contributed by atoms with Crippen LogP contribution in [0.5, 0.6) is 0 Å². The summed E-state index contributed by atoms with van der Waals surface area (Å²) < 4.78 is 0. The largest absolute Gasteiger partial charge is 0.396 e. The molecule has 0 radical (unpaired) electrons. The number of carbonyl (C=O) groups is 1. The van der Waals surface area contributed by atoms with Crippen LogP contribution in [0.4, 0.5) is 5.69 Å². The molecule has 1 aromatic rings. The number of aliphatic hydroxyl groups excluding tert-OH is 1. The molecule has 3 heteroatoms. The fourth-order valence-electron chi connectivity index (χ4n) is 2.75. The summed E-state index contributed by atoms with van der Waals surface area (Å²) in [4.78, 5) is 12.3. The van der Waals surface area contributed by atoms with Gasteiger partial charge in [0.1, 0.15) is 0 Å². The van der Waals surface area contributed by atoms with E-state index in [-0.39, 0.29) is 17.9 Å². The first kappa shape index (κ1) is 14.1. The van der Waals surface area contributed by atoms with Gasteiger partial charge >= 0.3 is 0 Å². The maximum Gasteiger partial charge on any atom is 0.230 e. The molecule has 1 aromatic carbocycles. The number of hydrogen-bond donors (Lipinski definition) is 2. The molecule has 0 spiro atoms. The Morgan fingerprint density at radius 3 is 2.79 bits per heavy atom. The Bertz CT molecular complexity index is 436. The summed E-state index contributed by atoms with van der Waals surface area (Å²) >= 11 is 0.